The number of carbonyl (C=O) groups is 1. The highest BCUT2D eigenvalue weighted by Crippen LogP contribution is 2.25. The average Bonchev–Trinajstić information content (AvgIpc) is 3.15. The van der Waals surface area contributed by atoms with Gasteiger partial charge < -0.3 is 14.6 Å². The van der Waals surface area contributed by atoms with Crippen LogP contribution in [0.15, 0.2) is 30.7 Å². The Morgan fingerprint density at radius 3 is 2.96 bits per heavy atom. The zero-order valence-corrected chi connectivity index (χ0v) is 13.4. The molecule has 0 saturated carbocycles. The fraction of sp³-hybridized carbons (Fsp3) is 0.438. The molecule has 0 aromatic carbocycles. The number of aromatic amines is 1. The molecule has 2 aromatic rings. The second kappa shape index (κ2) is 6.78. The number of hydrogen-bond donors (Lipinski definition) is 1. The number of methoxy groups -OCH3 is 1. The van der Waals surface area contributed by atoms with E-state index >= 15 is 0 Å². The van der Waals surface area contributed by atoms with Gasteiger partial charge in [0.1, 0.15) is 11.4 Å². The summed E-state index contributed by atoms with van der Waals surface area (Å²) in [5, 5.41) is 0. The summed E-state index contributed by atoms with van der Waals surface area (Å²) in [6, 6.07) is 3.58. The van der Waals surface area contributed by atoms with Gasteiger partial charge in [0.25, 0.3) is 5.91 Å². The van der Waals surface area contributed by atoms with E-state index in [4.69, 9.17) is 4.74 Å². The molecule has 0 bridgehead atoms. The molecule has 7 nitrogen and oxygen atoms in total. The number of aromatic nitrogens is 3. The Bertz CT molecular complexity index is 658. The third-order valence-electron chi connectivity index (χ3n) is 4.21. The smallest absolute Gasteiger partial charge is 0.259 e. The molecule has 1 atom stereocenters. The molecule has 3 heterocycles. The van der Waals surface area contributed by atoms with E-state index in [0.717, 1.165) is 18.9 Å². The van der Waals surface area contributed by atoms with Gasteiger partial charge in [-0.05, 0) is 18.7 Å². The summed E-state index contributed by atoms with van der Waals surface area (Å²) >= 11 is 0. The number of likely N-dealkylation sites (N-methyl/N-ethyl adjacent to an activating group) is 1. The van der Waals surface area contributed by atoms with Gasteiger partial charge in [-0.2, -0.15) is 0 Å². The van der Waals surface area contributed by atoms with E-state index in [-0.39, 0.29) is 11.9 Å². The molecule has 23 heavy (non-hydrogen) atoms. The molecule has 1 N–H and O–H groups in total. The van der Waals surface area contributed by atoms with Gasteiger partial charge in [-0.3, -0.25) is 9.69 Å². The second-order valence-electron chi connectivity index (χ2n) is 5.43. The zero-order chi connectivity index (χ0) is 16.2. The molecule has 1 aliphatic rings. The SMILES string of the molecule is CCN1CCN(C(=O)c2cccnc2OC)C[C@@H]1c1ncc[nH]1. The number of amides is 1. The van der Waals surface area contributed by atoms with Crippen molar-refractivity contribution in [2.24, 2.45) is 0 Å². The Kier molecular flexibility index (Phi) is 4.57. The molecule has 122 valence electrons. The van der Waals surface area contributed by atoms with Gasteiger partial charge in [-0.1, -0.05) is 6.92 Å². The average molecular weight is 315 g/mol. The van der Waals surface area contributed by atoms with Gasteiger partial charge in [0, 0.05) is 38.2 Å². The molecule has 7 heteroatoms. The summed E-state index contributed by atoms with van der Waals surface area (Å²) in [7, 11) is 1.53. The van der Waals surface area contributed by atoms with Crippen LogP contribution in [0.1, 0.15) is 29.1 Å². The van der Waals surface area contributed by atoms with E-state index in [1.165, 1.54) is 7.11 Å². The number of hydrogen-bond acceptors (Lipinski definition) is 5. The van der Waals surface area contributed by atoms with Crippen LogP contribution in [0.25, 0.3) is 0 Å². The first-order valence-corrected chi connectivity index (χ1v) is 7.76. The molecule has 1 amide bonds. The number of H-pyrrole nitrogens is 1. The lowest BCUT2D eigenvalue weighted by Gasteiger charge is -2.40. The number of ether oxygens (including phenoxy) is 1. The summed E-state index contributed by atoms with van der Waals surface area (Å²) in [6.07, 6.45) is 5.18. The second-order valence-corrected chi connectivity index (χ2v) is 5.43. The first kappa shape index (κ1) is 15.5. The van der Waals surface area contributed by atoms with Crippen LogP contribution in [0, 0.1) is 0 Å². The van der Waals surface area contributed by atoms with E-state index in [0.29, 0.717) is 24.5 Å². The van der Waals surface area contributed by atoms with Gasteiger partial charge in [0.05, 0.1) is 13.2 Å². The standard InChI is InChI=1S/C16H21N5O2/c1-3-20-9-10-21(11-13(20)14-17-7-8-18-14)16(22)12-5-4-6-19-15(12)23-2/h4-8,13H,3,9-11H2,1-2H3,(H,17,18)/t13-/m1/s1. The van der Waals surface area contributed by atoms with Crippen molar-refractivity contribution in [3.63, 3.8) is 0 Å². The van der Waals surface area contributed by atoms with Crippen LogP contribution in [0.2, 0.25) is 0 Å². The lowest BCUT2D eigenvalue weighted by atomic mass is 10.1. The minimum atomic E-state index is -0.0535. The monoisotopic (exact) mass is 315 g/mol. The summed E-state index contributed by atoms with van der Waals surface area (Å²) in [6.45, 7) is 5.14. The van der Waals surface area contributed by atoms with E-state index < -0.39 is 0 Å². The van der Waals surface area contributed by atoms with Crippen molar-refractivity contribution in [1.29, 1.82) is 0 Å². The lowest BCUT2D eigenvalue weighted by molar-refractivity contribution is 0.0476. The van der Waals surface area contributed by atoms with E-state index in [9.17, 15) is 4.79 Å². The van der Waals surface area contributed by atoms with Crippen LogP contribution < -0.4 is 4.74 Å². The molecule has 1 fully saturated rings. The minimum Gasteiger partial charge on any atom is -0.480 e. The maximum absolute atomic E-state index is 12.8. The van der Waals surface area contributed by atoms with Crippen LogP contribution in [0.3, 0.4) is 0 Å². The Balaban J connectivity index is 1.82. The van der Waals surface area contributed by atoms with E-state index in [1.54, 1.807) is 24.5 Å². The lowest BCUT2D eigenvalue weighted by Crippen LogP contribution is -2.50. The van der Waals surface area contributed by atoms with Crippen LogP contribution >= 0.6 is 0 Å². The molecular formula is C16H21N5O2. The highest BCUT2D eigenvalue weighted by Gasteiger charge is 2.32. The summed E-state index contributed by atoms with van der Waals surface area (Å²) < 4.78 is 5.21. The number of piperazine rings is 1. The molecule has 3 rings (SSSR count). The normalized spacial score (nSPS) is 18.9. The molecule has 0 aliphatic carbocycles. The van der Waals surface area contributed by atoms with Crippen molar-refractivity contribution in [1.82, 2.24) is 24.8 Å². The first-order valence-electron chi connectivity index (χ1n) is 7.76. The number of carbonyl (C=O) groups excluding carboxylic acids is 1. The Labute approximate surface area is 135 Å². The molecular weight excluding hydrogens is 294 g/mol. The Hall–Kier alpha value is -2.41. The summed E-state index contributed by atoms with van der Waals surface area (Å²) in [5.41, 5.74) is 0.498. The van der Waals surface area contributed by atoms with Crippen molar-refractivity contribution in [3.05, 3.63) is 42.1 Å². The maximum atomic E-state index is 12.8. The third-order valence-corrected chi connectivity index (χ3v) is 4.21. The summed E-state index contributed by atoms with van der Waals surface area (Å²) in [4.78, 5) is 28.7. The predicted octanol–water partition coefficient (Wildman–Crippen LogP) is 1.33. The molecule has 0 spiro atoms. The van der Waals surface area contributed by atoms with Crippen molar-refractivity contribution in [2.75, 3.05) is 33.3 Å². The molecule has 0 radical (unpaired) electrons. The molecule has 0 unspecified atom stereocenters. The van der Waals surface area contributed by atoms with Gasteiger partial charge >= 0.3 is 0 Å². The van der Waals surface area contributed by atoms with E-state index in [1.807, 2.05) is 11.1 Å². The zero-order valence-electron chi connectivity index (χ0n) is 13.4. The van der Waals surface area contributed by atoms with Crippen molar-refractivity contribution < 1.29 is 9.53 Å². The Morgan fingerprint density at radius 2 is 2.26 bits per heavy atom. The number of nitrogens with one attached hydrogen (secondary N) is 1. The highest BCUT2D eigenvalue weighted by atomic mass is 16.5. The van der Waals surface area contributed by atoms with Crippen LogP contribution in [-0.4, -0.2) is 63.9 Å². The minimum absolute atomic E-state index is 0.0535. The molecule has 2 aromatic heterocycles. The topological polar surface area (TPSA) is 74.3 Å². The highest BCUT2D eigenvalue weighted by molar-refractivity contribution is 5.96. The largest absolute Gasteiger partial charge is 0.480 e. The first-order chi connectivity index (χ1) is 11.2. The third kappa shape index (κ3) is 3.05. The number of imidazole rings is 1. The fourth-order valence-electron chi connectivity index (χ4n) is 2.99. The Morgan fingerprint density at radius 1 is 1.39 bits per heavy atom. The predicted molar refractivity (Wildman–Crippen MR) is 85.3 cm³/mol. The number of nitrogens with zero attached hydrogens (tertiary/aromatic N) is 4. The summed E-state index contributed by atoms with van der Waals surface area (Å²) in [5.74, 6) is 1.20. The number of rotatable bonds is 4. The molecule has 1 saturated heterocycles. The maximum Gasteiger partial charge on any atom is 0.259 e. The van der Waals surface area contributed by atoms with Crippen LogP contribution in [0.5, 0.6) is 5.88 Å². The van der Waals surface area contributed by atoms with Gasteiger partial charge in [-0.25, -0.2) is 9.97 Å². The van der Waals surface area contributed by atoms with Gasteiger partial charge in [0.2, 0.25) is 5.88 Å². The van der Waals surface area contributed by atoms with Crippen molar-refractivity contribution in [3.8, 4) is 5.88 Å². The number of pyridine rings is 1. The van der Waals surface area contributed by atoms with Crippen LogP contribution in [-0.2, 0) is 0 Å². The fourth-order valence-corrected chi connectivity index (χ4v) is 2.99. The van der Waals surface area contributed by atoms with Gasteiger partial charge in [0.15, 0.2) is 0 Å². The van der Waals surface area contributed by atoms with Gasteiger partial charge in [-0.15, -0.1) is 0 Å². The van der Waals surface area contributed by atoms with E-state index in [2.05, 4.69) is 26.8 Å². The quantitative estimate of drug-likeness (QED) is 0.921. The van der Waals surface area contributed by atoms with Crippen molar-refractivity contribution >= 4 is 5.91 Å². The molecule has 1 aliphatic heterocycles. The van der Waals surface area contributed by atoms with Crippen LogP contribution in [0.4, 0.5) is 0 Å². The van der Waals surface area contributed by atoms with Crippen molar-refractivity contribution in [2.45, 2.75) is 13.0 Å².